The second-order valence-corrected chi connectivity index (χ2v) is 4.99. The van der Waals surface area contributed by atoms with Gasteiger partial charge in [0.25, 0.3) is 5.91 Å². The van der Waals surface area contributed by atoms with Crippen LogP contribution in [0.5, 0.6) is 0 Å². The van der Waals surface area contributed by atoms with Crippen molar-refractivity contribution >= 4 is 23.5 Å². The van der Waals surface area contributed by atoms with Crippen LogP contribution in [0.3, 0.4) is 0 Å². The number of thioether (sulfide) groups is 1. The molecule has 0 spiro atoms. The molecule has 1 aromatic heterocycles. The van der Waals surface area contributed by atoms with Gasteiger partial charge in [-0.1, -0.05) is 0 Å². The summed E-state index contributed by atoms with van der Waals surface area (Å²) < 4.78 is 0. The average Bonchev–Trinajstić information content (AvgIpc) is 2.29. The minimum absolute atomic E-state index is 0.411. The molecule has 1 aromatic rings. The van der Waals surface area contributed by atoms with Gasteiger partial charge in [0.2, 0.25) is 0 Å². The first-order valence-electron chi connectivity index (χ1n) is 5.28. The number of carbonyl (C=O) groups excluding carboxylic acids is 1. The van der Waals surface area contributed by atoms with Crippen molar-refractivity contribution in [2.24, 2.45) is 5.73 Å². The zero-order valence-electron chi connectivity index (χ0n) is 9.27. The largest absolute Gasteiger partial charge is 0.366 e. The molecule has 2 N–H and O–H groups in total. The maximum absolute atomic E-state index is 11.1. The van der Waals surface area contributed by atoms with Crippen LogP contribution in [0, 0.1) is 6.92 Å². The molecule has 1 saturated heterocycles. The van der Waals surface area contributed by atoms with Crippen LogP contribution in [-0.2, 0) is 0 Å². The van der Waals surface area contributed by atoms with E-state index >= 15 is 0 Å². The Morgan fingerprint density at radius 2 is 2.12 bits per heavy atom. The van der Waals surface area contributed by atoms with E-state index in [0.29, 0.717) is 11.3 Å². The van der Waals surface area contributed by atoms with Gasteiger partial charge >= 0.3 is 0 Å². The smallest absolute Gasteiger partial charge is 0.250 e. The average molecular weight is 237 g/mol. The Morgan fingerprint density at radius 1 is 1.44 bits per heavy atom. The lowest BCUT2D eigenvalue weighted by Crippen LogP contribution is -2.33. The number of carbonyl (C=O) groups is 1. The maximum Gasteiger partial charge on any atom is 0.250 e. The van der Waals surface area contributed by atoms with Gasteiger partial charge < -0.3 is 10.6 Å². The van der Waals surface area contributed by atoms with Gasteiger partial charge in [-0.05, 0) is 19.1 Å². The molecule has 0 aliphatic carbocycles. The highest BCUT2D eigenvalue weighted by atomic mass is 32.2. The van der Waals surface area contributed by atoms with E-state index in [1.54, 1.807) is 6.07 Å². The first-order valence-corrected chi connectivity index (χ1v) is 6.44. The minimum atomic E-state index is -0.411. The Hall–Kier alpha value is -1.23. The number of anilines is 1. The highest BCUT2D eigenvalue weighted by molar-refractivity contribution is 7.99. The second-order valence-electron chi connectivity index (χ2n) is 3.77. The summed E-state index contributed by atoms with van der Waals surface area (Å²) in [4.78, 5) is 17.8. The third-order valence-corrected chi connectivity index (χ3v) is 3.61. The number of rotatable bonds is 2. The molecule has 0 saturated carbocycles. The van der Waals surface area contributed by atoms with E-state index in [-0.39, 0.29) is 0 Å². The van der Waals surface area contributed by atoms with Crippen LogP contribution >= 0.6 is 11.8 Å². The van der Waals surface area contributed by atoms with E-state index in [1.807, 2.05) is 24.8 Å². The summed E-state index contributed by atoms with van der Waals surface area (Å²) in [5.74, 6) is 2.81. The molecule has 16 heavy (non-hydrogen) atoms. The van der Waals surface area contributed by atoms with E-state index in [9.17, 15) is 4.79 Å². The highest BCUT2D eigenvalue weighted by Crippen LogP contribution is 2.18. The molecule has 0 aromatic carbocycles. The fraction of sp³-hybridized carbons (Fsp3) is 0.455. The molecular weight excluding hydrogens is 222 g/mol. The fourth-order valence-electron chi connectivity index (χ4n) is 1.78. The topological polar surface area (TPSA) is 59.2 Å². The highest BCUT2D eigenvalue weighted by Gasteiger charge is 2.14. The van der Waals surface area contributed by atoms with Gasteiger partial charge in [-0.15, -0.1) is 0 Å². The van der Waals surface area contributed by atoms with Crippen LogP contribution in [0.1, 0.15) is 16.1 Å². The van der Waals surface area contributed by atoms with Crippen LogP contribution in [0.15, 0.2) is 12.1 Å². The monoisotopic (exact) mass is 237 g/mol. The predicted octanol–water partition coefficient (Wildman–Crippen LogP) is 1.04. The summed E-state index contributed by atoms with van der Waals surface area (Å²) in [6.45, 7) is 3.86. The minimum Gasteiger partial charge on any atom is -0.366 e. The van der Waals surface area contributed by atoms with E-state index < -0.39 is 5.91 Å². The van der Waals surface area contributed by atoms with E-state index in [4.69, 9.17) is 5.73 Å². The summed E-state index contributed by atoms with van der Waals surface area (Å²) in [6, 6.07) is 3.64. The van der Waals surface area contributed by atoms with Crippen molar-refractivity contribution in [2.45, 2.75) is 6.92 Å². The predicted molar refractivity (Wildman–Crippen MR) is 67.0 cm³/mol. The van der Waals surface area contributed by atoms with Crippen molar-refractivity contribution in [1.82, 2.24) is 4.98 Å². The molecule has 86 valence electrons. The summed E-state index contributed by atoms with van der Waals surface area (Å²) in [6.07, 6.45) is 0. The van der Waals surface area contributed by atoms with Gasteiger partial charge in [-0.25, -0.2) is 4.98 Å². The number of amides is 1. The van der Waals surface area contributed by atoms with E-state index in [0.717, 1.165) is 30.4 Å². The molecule has 4 nitrogen and oxygen atoms in total. The Morgan fingerprint density at radius 3 is 2.69 bits per heavy atom. The molecule has 1 amide bonds. The van der Waals surface area contributed by atoms with Crippen LogP contribution in [0.25, 0.3) is 0 Å². The van der Waals surface area contributed by atoms with Crippen molar-refractivity contribution < 1.29 is 4.79 Å². The standard InChI is InChI=1S/C11H15N3OS/c1-8-9(11(12)15)2-3-10(13-8)14-4-6-16-7-5-14/h2-3H,4-7H2,1H3,(H2,12,15). The molecular formula is C11H15N3OS. The summed E-state index contributed by atoms with van der Waals surface area (Å²) in [7, 11) is 0. The van der Waals surface area contributed by atoms with Gasteiger partial charge in [0, 0.05) is 24.6 Å². The number of aryl methyl sites for hydroxylation is 1. The van der Waals surface area contributed by atoms with Crippen LogP contribution in [0.4, 0.5) is 5.82 Å². The van der Waals surface area contributed by atoms with Crippen molar-refractivity contribution in [3.05, 3.63) is 23.4 Å². The first-order chi connectivity index (χ1) is 7.68. The lowest BCUT2D eigenvalue weighted by atomic mass is 10.2. The van der Waals surface area contributed by atoms with Gasteiger partial charge in [-0.2, -0.15) is 11.8 Å². The van der Waals surface area contributed by atoms with Gasteiger partial charge in [0.15, 0.2) is 0 Å². The van der Waals surface area contributed by atoms with Crippen molar-refractivity contribution in [1.29, 1.82) is 0 Å². The normalized spacial score (nSPS) is 16.2. The Kier molecular flexibility index (Phi) is 3.33. The SMILES string of the molecule is Cc1nc(N2CCSCC2)ccc1C(N)=O. The molecule has 0 unspecified atom stereocenters. The van der Waals surface area contributed by atoms with Gasteiger partial charge in [0.1, 0.15) is 5.82 Å². The molecule has 5 heteroatoms. The number of hydrogen-bond donors (Lipinski definition) is 1. The molecule has 0 bridgehead atoms. The molecule has 2 heterocycles. The number of aromatic nitrogens is 1. The summed E-state index contributed by atoms with van der Waals surface area (Å²) in [5, 5.41) is 0. The molecule has 0 atom stereocenters. The number of hydrogen-bond acceptors (Lipinski definition) is 4. The summed E-state index contributed by atoms with van der Waals surface area (Å²) >= 11 is 1.96. The zero-order chi connectivity index (χ0) is 11.5. The molecule has 1 aliphatic heterocycles. The van der Waals surface area contributed by atoms with E-state index in [2.05, 4.69) is 9.88 Å². The molecule has 2 rings (SSSR count). The molecule has 0 radical (unpaired) electrons. The lowest BCUT2D eigenvalue weighted by Gasteiger charge is -2.27. The van der Waals surface area contributed by atoms with Crippen LogP contribution in [-0.4, -0.2) is 35.5 Å². The maximum atomic E-state index is 11.1. The number of nitrogens with zero attached hydrogens (tertiary/aromatic N) is 2. The third kappa shape index (κ3) is 2.29. The van der Waals surface area contributed by atoms with Crippen molar-refractivity contribution in [3.8, 4) is 0 Å². The Labute approximate surface area is 99.2 Å². The summed E-state index contributed by atoms with van der Waals surface area (Å²) in [5.41, 5.74) is 6.47. The van der Waals surface area contributed by atoms with Crippen LogP contribution < -0.4 is 10.6 Å². The number of primary amides is 1. The zero-order valence-corrected chi connectivity index (χ0v) is 10.1. The van der Waals surface area contributed by atoms with Crippen LogP contribution in [0.2, 0.25) is 0 Å². The van der Waals surface area contributed by atoms with Crippen molar-refractivity contribution in [2.75, 3.05) is 29.5 Å². The fourth-order valence-corrected chi connectivity index (χ4v) is 2.68. The third-order valence-electron chi connectivity index (χ3n) is 2.67. The molecule has 1 aliphatic rings. The Bertz CT molecular complexity index is 402. The lowest BCUT2D eigenvalue weighted by molar-refractivity contribution is 0.0999. The molecule has 1 fully saturated rings. The quantitative estimate of drug-likeness (QED) is 0.835. The first kappa shape index (κ1) is 11.3. The Balaban J connectivity index is 2.23. The van der Waals surface area contributed by atoms with Crippen molar-refractivity contribution in [3.63, 3.8) is 0 Å². The van der Waals surface area contributed by atoms with Gasteiger partial charge in [0.05, 0.1) is 11.3 Å². The second kappa shape index (κ2) is 4.74. The van der Waals surface area contributed by atoms with Gasteiger partial charge in [-0.3, -0.25) is 4.79 Å². The number of pyridine rings is 1. The van der Waals surface area contributed by atoms with E-state index in [1.165, 1.54) is 0 Å². The number of nitrogens with two attached hydrogens (primary N) is 1.